The molecule has 1 aliphatic heterocycles. The van der Waals surface area contributed by atoms with E-state index in [1.807, 2.05) is 19.1 Å². The zero-order valence-corrected chi connectivity index (χ0v) is 10.9. The number of amides is 1. The lowest BCUT2D eigenvalue weighted by molar-refractivity contribution is -0.120. The number of likely N-dealkylation sites (N-methyl/N-ethyl adjacent to an activating group) is 1. The van der Waals surface area contributed by atoms with Crippen molar-refractivity contribution < 1.29 is 9.53 Å². The Morgan fingerprint density at radius 3 is 3.12 bits per heavy atom. The quantitative estimate of drug-likeness (QED) is 0.709. The summed E-state index contributed by atoms with van der Waals surface area (Å²) in [5, 5.41) is 2.91. The average Bonchev–Trinajstić information content (AvgIpc) is 2.36. The Morgan fingerprint density at radius 2 is 2.41 bits per heavy atom. The van der Waals surface area contributed by atoms with E-state index in [2.05, 4.69) is 17.1 Å². The molecule has 1 heterocycles. The van der Waals surface area contributed by atoms with Gasteiger partial charge >= 0.3 is 0 Å². The molecule has 1 unspecified atom stereocenters. The smallest absolute Gasteiger partial charge is 0.223 e. The van der Waals surface area contributed by atoms with E-state index in [4.69, 9.17) is 4.74 Å². The fraction of sp³-hybridized carbons (Fsp3) is 0.769. The number of ether oxygens (including phenoxy) is 1. The topological polar surface area (TPSA) is 41.6 Å². The van der Waals surface area contributed by atoms with Crippen molar-refractivity contribution in [2.75, 3.05) is 32.8 Å². The Bertz CT molecular complexity index is 254. The largest absolute Gasteiger partial charge is 0.375 e. The van der Waals surface area contributed by atoms with Crippen LogP contribution < -0.4 is 5.32 Å². The molecule has 0 radical (unpaired) electrons. The van der Waals surface area contributed by atoms with Gasteiger partial charge in [-0.1, -0.05) is 19.1 Å². The maximum Gasteiger partial charge on any atom is 0.223 e. The third-order valence-electron chi connectivity index (χ3n) is 3.00. The Morgan fingerprint density at radius 1 is 1.59 bits per heavy atom. The van der Waals surface area contributed by atoms with Crippen LogP contribution in [0.4, 0.5) is 0 Å². The summed E-state index contributed by atoms with van der Waals surface area (Å²) in [6.45, 7) is 8.70. The molecule has 0 aromatic carbocycles. The van der Waals surface area contributed by atoms with Gasteiger partial charge in [0.05, 0.1) is 12.7 Å². The van der Waals surface area contributed by atoms with E-state index in [-0.39, 0.29) is 12.0 Å². The summed E-state index contributed by atoms with van der Waals surface area (Å²) in [4.78, 5) is 13.7. The number of hydrogen-bond acceptors (Lipinski definition) is 3. The molecule has 1 rings (SSSR count). The van der Waals surface area contributed by atoms with Gasteiger partial charge in [0, 0.05) is 26.1 Å². The molecule has 1 fully saturated rings. The SMILES string of the molecule is CC=CCC(=O)NCCC1CN(CC)CCO1. The van der Waals surface area contributed by atoms with Crippen molar-refractivity contribution in [3.63, 3.8) is 0 Å². The van der Waals surface area contributed by atoms with E-state index in [0.717, 1.165) is 32.7 Å². The molecule has 0 spiro atoms. The lowest BCUT2D eigenvalue weighted by atomic mass is 10.2. The molecule has 0 aromatic rings. The minimum Gasteiger partial charge on any atom is -0.375 e. The molecular formula is C13H24N2O2. The van der Waals surface area contributed by atoms with Gasteiger partial charge in [-0.05, 0) is 19.9 Å². The van der Waals surface area contributed by atoms with Crippen molar-refractivity contribution in [3.05, 3.63) is 12.2 Å². The van der Waals surface area contributed by atoms with E-state index < -0.39 is 0 Å². The average molecular weight is 240 g/mol. The number of morpholine rings is 1. The number of hydrogen-bond donors (Lipinski definition) is 1. The fourth-order valence-corrected chi connectivity index (χ4v) is 1.91. The van der Waals surface area contributed by atoms with Crippen molar-refractivity contribution in [3.8, 4) is 0 Å². The van der Waals surface area contributed by atoms with Crippen LogP contribution in [0.2, 0.25) is 0 Å². The van der Waals surface area contributed by atoms with Crippen molar-refractivity contribution in [2.24, 2.45) is 0 Å². The molecule has 98 valence electrons. The molecule has 0 aromatic heterocycles. The highest BCUT2D eigenvalue weighted by atomic mass is 16.5. The molecule has 1 amide bonds. The zero-order chi connectivity index (χ0) is 12.5. The fourth-order valence-electron chi connectivity index (χ4n) is 1.91. The molecule has 4 heteroatoms. The molecule has 1 aliphatic rings. The monoisotopic (exact) mass is 240 g/mol. The highest BCUT2D eigenvalue weighted by Crippen LogP contribution is 2.07. The van der Waals surface area contributed by atoms with Crippen LogP contribution >= 0.6 is 0 Å². The van der Waals surface area contributed by atoms with E-state index >= 15 is 0 Å². The number of nitrogens with one attached hydrogen (secondary N) is 1. The zero-order valence-electron chi connectivity index (χ0n) is 10.9. The summed E-state index contributed by atoms with van der Waals surface area (Å²) >= 11 is 0. The summed E-state index contributed by atoms with van der Waals surface area (Å²) < 4.78 is 5.67. The van der Waals surface area contributed by atoms with E-state index in [9.17, 15) is 4.79 Å². The number of carbonyl (C=O) groups excluding carboxylic acids is 1. The first kappa shape index (κ1) is 14.2. The first-order valence-corrected chi connectivity index (χ1v) is 6.48. The molecule has 4 nitrogen and oxygen atoms in total. The Hall–Kier alpha value is -0.870. The van der Waals surface area contributed by atoms with Crippen LogP contribution in [-0.4, -0.2) is 49.7 Å². The minimum atomic E-state index is 0.0891. The van der Waals surface area contributed by atoms with Gasteiger partial charge in [-0.3, -0.25) is 9.69 Å². The highest BCUT2D eigenvalue weighted by Gasteiger charge is 2.18. The first-order valence-electron chi connectivity index (χ1n) is 6.48. The summed E-state index contributed by atoms with van der Waals surface area (Å²) in [5.74, 6) is 0.0891. The number of allylic oxidation sites excluding steroid dienone is 1. The Kier molecular flexibility index (Phi) is 6.89. The highest BCUT2D eigenvalue weighted by molar-refractivity contribution is 5.77. The van der Waals surface area contributed by atoms with Gasteiger partial charge in [0.25, 0.3) is 0 Å². The van der Waals surface area contributed by atoms with Gasteiger partial charge < -0.3 is 10.1 Å². The summed E-state index contributed by atoms with van der Waals surface area (Å²) in [7, 11) is 0. The second-order valence-corrected chi connectivity index (χ2v) is 4.30. The van der Waals surface area contributed by atoms with E-state index in [1.54, 1.807) is 0 Å². The molecular weight excluding hydrogens is 216 g/mol. The van der Waals surface area contributed by atoms with Gasteiger partial charge in [0.1, 0.15) is 0 Å². The van der Waals surface area contributed by atoms with Crippen LogP contribution in [-0.2, 0) is 9.53 Å². The molecule has 1 saturated heterocycles. The molecule has 0 aliphatic carbocycles. The van der Waals surface area contributed by atoms with Crippen molar-refractivity contribution in [1.29, 1.82) is 0 Å². The van der Waals surface area contributed by atoms with Crippen LogP contribution in [0, 0.1) is 0 Å². The maximum absolute atomic E-state index is 11.4. The molecule has 17 heavy (non-hydrogen) atoms. The van der Waals surface area contributed by atoms with Crippen LogP contribution in [0.1, 0.15) is 26.7 Å². The van der Waals surface area contributed by atoms with Gasteiger partial charge in [-0.15, -0.1) is 0 Å². The van der Waals surface area contributed by atoms with Crippen LogP contribution in [0.3, 0.4) is 0 Å². The van der Waals surface area contributed by atoms with Gasteiger partial charge in [-0.2, -0.15) is 0 Å². The van der Waals surface area contributed by atoms with Crippen LogP contribution in [0.5, 0.6) is 0 Å². The summed E-state index contributed by atoms with van der Waals surface area (Å²) in [6, 6.07) is 0. The van der Waals surface area contributed by atoms with Crippen molar-refractivity contribution in [1.82, 2.24) is 10.2 Å². The predicted octanol–water partition coefficient (Wildman–Crippen LogP) is 1.18. The van der Waals surface area contributed by atoms with Gasteiger partial charge in [0.15, 0.2) is 0 Å². The molecule has 1 N–H and O–H groups in total. The molecule has 0 bridgehead atoms. The Labute approximate surface area is 104 Å². The summed E-state index contributed by atoms with van der Waals surface area (Å²) in [6.07, 6.45) is 5.40. The normalized spacial score (nSPS) is 21.9. The van der Waals surface area contributed by atoms with Crippen LogP contribution in [0.25, 0.3) is 0 Å². The second-order valence-electron chi connectivity index (χ2n) is 4.30. The van der Waals surface area contributed by atoms with Crippen molar-refractivity contribution in [2.45, 2.75) is 32.8 Å². The number of rotatable bonds is 6. The second kappa shape index (κ2) is 8.25. The number of nitrogens with zero attached hydrogens (tertiary/aromatic N) is 1. The van der Waals surface area contributed by atoms with Crippen LogP contribution in [0.15, 0.2) is 12.2 Å². The molecule has 0 saturated carbocycles. The third-order valence-corrected chi connectivity index (χ3v) is 3.00. The first-order chi connectivity index (χ1) is 8.26. The summed E-state index contributed by atoms with van der Waals surface area (Å²) in [5.41, 5.74) is 0. The Balaban J connectivity index is 2.11. The third kappa shape index (κ3) is 5.84. The lowest BCUT2D eigenvalue weighted by Crippen LogP contribution is -2.43. The standard InChI is InChI=1S/C13H24N2O2/c1-3-5-6-13(16)14-8-7-12-11-15(4-2)9-10-17-12/h3,5,12H,4,6-11H2,1-2H3,(H,14,16). The van der Waals surface area contributed by atoms with Gasteiger partial charge in [-0.25, -0.2) is 0 Å². The lowest BCUT2D eigenvalue weighted by Gasteiger charge is -2.32. The van der Waals surface area contributed by atoms with E-state index in [1.165, 1.54) is 0 Å². The predicted molar refractivity (Wildman–Crippen MR) is 68.9 cm³/mol. The maximum atomic E-state index is 11.4. The van der Waals surface area contributed by atoms with E-state index in [0.29, 0.717) is 13.0 Å². The van der Waals surface area contributed by atoms with Crippen molar-refractivity contribution >= 4 is 5.91 Å². The number of carbonyl (C=O) groups is 1. The minimum absolute atomic E-state index is 0.0891. The van der Waals surface area contributed by atoms with Gasteiger partial charge in [0.2, 0.25) is 5.91 Å². The molecule has 1 atom stereocenters.